The highest BCUT2D eigenvalue weighted by Gasteiger charge is 2.33. The number of rotatable bonds is 20. The van der Waals surface area contributed by atoms with Crippen LogP contribution in [0.15, 0.2) is 158 Å². The number of carbonyl (C=O) groups is 4. The van der Waals surface area contributed by atoms with Gasteiger partial charge in [-0.2, -0.15) is 0 Å². The third kappa shape index (κ3) is 14.7. The number of esters is 1. The van der Waals surface area contributed by atoms with E-state index in [2.05, 4.69) is 52.2 Å². The highest BCUT2D eigenvalue weighted by molar-refractivity contribution is 8.18. The summed E-state index contributed by atoms with van der Waals surface area (Å²) in [4.78, 5) is 66.6. The third-order valence-electron chi connectivity index (χ3n) is 11.4. The third-order valence-corrected chi connectivity index (χ3v) is 12.4. The van der Waals surface area contributed by atoms with Crippen LogP contribution >= 0.6 is 11.8 Å². The number of hydrogen-bond acceptors (Lipinski definition) is 17. The predicted octanol–water partition coefficient (Wildman–Crippen LogP) is 7.14. The van der Waals surface area contributed by atoms with Crippen molar-refractivity contribution in [1.29, 1.82) is 0 Å². The van der Waals surface area contributed by atoms with E-state index >= 15 is 0 Å². The van der Waals surface area contributed by atoms with Gasteiger partial charge in [0.15, 0.2) is 11.5 Å². The van der Waals surface area contributed by atoms with Gasteiger partial charge in [-0.1, -0.05) is 36.0 Å². The van der Waals surface area contributed by atoms with Crippen LogP contribution in [0.5, 0.6) is 11.5 Å². The second-order valence-electron chi connectivity index (χ2n) is 17.1. The number of nitrogens with one attached hydrogen (secondary N) is 7. The maximum Gasteiger partial charge on any atom is 0.344 e. The predicted molar refractivity (Wildman–Crippen MR) is 297 cm³/mol. The fourth-order valence-electron chi connectivity index (χ4n) is 7.79. The van der Waals surface area contributed by atoms with Crippen molar-refractivity contribution in [3.63, 3.8) is 0 Å². The van der Waals surface area contributed by atoms with Crippen LogP contribution in [0.25, 0.3) is 6.08 Å². The number of amidine groups is 2. The zero-order chi connectivity index (χ0) is 53.4. The highest BCUT2D eigenvalue weighted by atomic mass is 32.2. The molecule has 8 rings (SSSR count). The van der Waals surface area contributed by atoms with E-state index in [4.69, 9.17) is 21.1 Å². The fraction of sp³-hybridized carbons (Fsp3) is 0.204. The Bertz CT molecular complexity index is 3040. The minimum atomic E-state index is -0.692. The number of hydrogen-bond donors (Lipinski definition) is 11. The number of nitrogens with two attached hydrogens (primary N) is 2. The first-order valence-corrected chi connectivity index (χ1v) is 25.1. The van der Waals surface area contributed by atoms with Crippen LogP contribution in [0.3, 0.4) is 0 Å². The number of phenolic OH excluding ortho intramolecular Hbond substituents is 1. The lowest BCUT2D eigenvalue weighted by Crippen LogP contribution is -2.32. The van der Waals surface area contributed by atoms with Gasteiger partial charge >= 0.3 is 18.0 Å². The molecular weight excluding hydrogens is 991 g/mol. The Labute approximate surface area is 442 Å². The van der Waals surface area contributed by atoms with E-state index in [1.165, 1.54) is 35.5 Å². The standard InChI is InChI=1S/C54H57N13O8S/c1-2-74-52(71)46-47(69)45(76-51(46)62-38-8-4-3-5-9-38)27-33-10-19-44(43(68)26-33)75-25-7-6-24-67(56)32-37(55)31-61-50(70)36-28-41(65-53(72)63-39-15-11-34(12-16-39)48-57-20-21-58-48)30-42(29-36)66-54(73)64-40-17-13-35(14-18-40)49-59-22-23-60-49/h3-5,8-19,26-30,32,68-69H,2,6-7,20-25,31,55-56H2,1H3,(H,57,58)(H,59,60)(H,61,70)(H2,63,65,72)(H2,64,66,73)/b37-32-,45-27-,62-51?. The van der Waals surface area contributed by atoms with E-state index in [-0.39, 0.29) is 65.2 Å². The lowest BCUT2D eigenvalue weighted by atomic mass is 10.1. The SMILES string of the molecule is CCOC(=O)C1=C(O)/C(=C/c2ccc(OCCCCN(N)/C=C(\N)CNC(=O)c3cc(NC(=O)Nc4ccc(C5=NCCN5)cc4)cc(NC(=O)Nc4ccc(C5=NCCN5)cc4)c3)c(O)c2)SC1=Nc1ccccc1. The monoisotopic (exact) mass is 1050 g/mol. The van der Waals surface area contributed by atoms with Crippen LogP contribution in [-0.4, -0.2) is 108 Å². The molecule has 0 fully saturated rings. The molecule has 0 aromatic heterocycles. The van der Waals surface area contributed by atoms with Gasteiger partial charge in [0.1, 0.15) is 28.0 Å². The van der Waals surface area contributed by atoms with Crippen molar-refractivity contribution < 1.29 is 38.9 Å². The topological polar surface area (TPSA) is 304 Å². The molecule has 3 heterocycles. The van der Waals surface area contributed by atoms with E-state index in [0.717, 1.165) is 47.6 Å². The molecule has 0 bridgehead atoms. The van der Waals surface area contributed by atoms with Crippen LogP contribution in [-0.2, 0) is 9.53 Å². The number of anilines is 4. The average Bonchev–Trinajstić information content (AvgIpc) is 4.21. The Hall–Kier alpha value is -9.28. The van der Waals surface area contributed by atoms with Gasteiger partial charge in [0, 0.05) is 71.0 Å². The largest absolute Gasteiger partial charge is 0.506 e. The molecule has 3 aliphatic heterocycles. The van der Waals surface area contributed by atoms with Gasteiger partial charge in [0.25, 0.3) is 5.91 Å². The molecule has 0 radical (unpaired) electrons. The van der Waals surface area contributed by atoms with Crippen LogP contribution < -0.4 is 53.5 Å². The maximum absolute atomic E-state index is 13.6. The molecule has 5 amide bonds. The number of aliphatic hydroxyl groups excluding tert-OH is 1. The lowest BCUT2D eigenvalue weighted by Gasteiger charge is -2.16. The summed E-state index contributed by atoms with van der Waals surface area (Å²) >= 11 is 1.11. The van der Waals surface area contributed by atoms with Gasteiger partial charge in [-0.25, -0.2) is 25.2 Å². The molecule has 0 saturated carbocycles. The molecule has 21 nitrogen and oxygen atoms in total. The summed E-state index contributed by atoms with van der Waals surface area (Å²) in [6.45, 7) is 5.30. The number of aromatic hydroxyl groups is 1. The zero-order valence-electron chi connectivity index (χ0n) is 41.4. The Balaban J connectivity index is 0.827. The normalized spacial score (nSPS) is 15.1. The first-order valence-electron chi connectivity index (χ1n) is 24.3. The van der Waals surface area contributed by atoms with Crippen molar-refractivity contribution in [2.24, 2.45) is 26.6 Å². The van der Waals surface area contributed by atoms with E-state index in [0.29, 0.717) is 65.1 Å². The molecule has 76 heavy (non-hydrogen) atoms. The fourth-order valence-corrected chi connectivity index (χ4v) is 8.83. The first-order chi connectivity index (χ1) is 36.9. The lowest BCUT2D eigenvalue weighted by molar-refractivity contribution is -0.138. The number of ether oxygens (including phenoxy) is 2. The minimum absolute atomic E-state index is 0.0334. The maximum atomic E-state index is 13.6. The molecule has 13 N–H and O–H groups in total. The summed E-state index contributed by atoms with van der Waals surface area (Å²) in [6.07, 6.45) is 4.28. The van der Waals surface area contributed by atoms with Crippen molar-refractivity contribution in [2.45, 2.75) is 19.8 Å². The minimum Gasteiger partial charge on any atom is -0.506 e. The number of carbonyl (C=O) groups excluding carboxylic acids is 4. The summed E-state index contributed by atoms with van der Waals surface area (Å²) in [7, 11) is 0. The molecule has 0 atom stereocenters. The summed E-state index contributed by atoms with van der Waals surface area (Å²) in [5.41, 5.74) is 11.0. The van der Waals surface area contributed by atoms with Gasteiger partial charge in [-0.05, 0) is 122 Å². The Morgan fingerprint density at radius 3 is 1.95 bits per heavy atom. The molecular formula is C54H57N13O8S. The van der Waals surface area contributed by atoms with Crippen LogP contribution in [0.2, 0.25) is 0 Å². The number of aliphatic imine (C=N–C) groups is 3. The van der Waals surface area contributed by atoms with Crippen molar-refractivity contribution in [2.75, 3.05) is 73.7 Å². The number of nitrogens with zero attached hydrogens (tertiary/aromatic N) is 4. The van der Waals surface area contributed by atoms with Crippen molar-refractivity contribution >= 4 is 86.9 Å². The second-order valence-corrected chi connectivity index (χ2v) is 18.2. The average molecular weight is 1050 g/mol. The number of urea groups is 2. The van der Waals surface area contributed by atoms with Crippen LogP contribution in [0.1, 0.15) is 46.8 Å². The molecule has 0 spiro atoms. The van der Waals surface area contributed by atoms with Crippen LogP contribution in [0, 0.1) is 0 Å². The molecule has 0 saturated heterocycles. The Morgan fingerprint density at radius 2 is 1.38 bits per heavy atom. The van der Waals surface area contributed by atoms with E-state index in [1.807, 2.05) is 42.5 Å². The number of hydrazine groups is 1. The van der Waals surface area contributed by atoms with Crippen molar-refractivity contribution in [3.8, 4) is 11.5 Å². The van der Waals surface area contributed by atoms with Gasteiger partial charge in [0.2, 0.25) is 0 Å². The molecule has 3 aliphatic rings. The van der Waals surface area contributed by atoms with Gasteiger partial charge in [0.05, 0.1) is 43.4 Å². The highest BCUT2D eigenvalue weighted by Crippen LogP contribution is 2.41. The Kier molecular flexibility index (Phi) is 17.9. The van der Waals surface area contributed by atoms with Crippen molar-refractivity contribution in [3.05, 3.63) is 166 Å². The second kappa shape index (κ2) is 25.6. The number of aliphatic hydroxyl groups is 1. The van der Waals surface area contributed by atoms with E-state index < -0.39 is 23.9 Å². The summed E-state index contributed by atoms with van der Waals surface area (Å²) in [5.74, 6) is 6.43. The first kappa shape index (κ1) is 53.0. The smallest absolute Gasteiger partial charge is 0.344 e. The number of thioether (sulfide) groups is 1. The Morgan fingerprint density at radius 1 is 0.776 bits per heavy atom. The van der Waals surface area contributed by atoms with E-state index in [9.17, 15) is 29.4 Å². The quantitative estimate of drug-likeness (QED) is 0.0160. The van der Waals surface area contributed by atoms with Crippen LogP contribution in [0.4, 0.5) is 38.0 Å². The van der Waals surface area contributed by atoms with Crippen molar-refractivity contribution in [1.82, 2.24) is 21.0 Å². The molecule has 0 unspecified atom stereocenters. The van der Waals surface area contributed by atoms with E-state index in [1.54, 1.807) is 61.5 Å². The van der Waals surface area contributed by atoms with Gasteiger partial charge < -0.3 is 67.6 Å². The number of amides is 5. The van der Waals surface area contributed by atoms with Gasteiger partial charge in [-0.15, -0.1) is 0 Å². The molecule has 5 aromatic carbocycles. The number of benzene rings is 5. The number of phenols is 1. The molecule has 22 heteroatoms. The summed E-state index contributed by atoms with van der Waals surface area (Å²) < 4.78 is 11.0. The summed E-state index contributed by atoms with van der Waals surface area (Å²) in [6, 6.07) is 31.5. The molecule has 392 valence electrons. The summed E-state index contributed by atoms with van der Waals surface area (Å²) in [5, 5.41) is 43.8. The molecule has 5 aromatic rings. The van der Waals surface area contributed by atoms with Gasteiger partial charge in [-0.3, -0.25) is 14.8 Å². The number of para-hydroxylation sites is 1. The molecule has 0 aliphatic carbocycles. The number of unbranched alkanes of at least 4 members (excludes halogenated alkanes) is 1. The zero-order valence-corrected chi connectivity index (χ0v) is 42.2.